The highest BCUT2D eigenvalue weighted by Gasteiger charge is 2.22. The number of aromatic nitrogens is 1. The van der Waals surface area contributed by atoms with Gasteiger partial charge in [0, 0.05) is 26.2 Å². The number of nitrogens with one attached hydrogen (secondary N) is 1. The number of carbonyl (C=O) groups is 1. The molecule has 6 nitrogen and oxygen atoms in total. The molecule has 0 spiro atoms. The first kappa shape index (κ1) is 17.7. The van der Waals surface area contributed by atoms with Crippen molar-refractivity contribution in [2.24, 2.45) is 5.92 Å². The lowest BCUT2D eigenvalue weighted by Crippen LogP contribution is -2.39. The summed E-state index contributed by atoms with van der Waals surface area (Å²) in [7, 11) is 1.94. The fourth-order valence-corrected chi connectivity index (χ4v) is 2.90. The van der Waals surface area contributed by atoms with Crippen molar-refractivity contribution >= 4 is 28.2 Å². The third-order valence-electron chi connectivity index (χ3n) is 3.30. The second kappa shape index (κ2) is 8.19. The largest absolute Gasteiger partial charge is 0.396 e. The number of anilines is 2. The monoisotopic (exact) mass is 314 g/mol. The van der Waals surface area contributed by atoms with E-state index in [0.29, 0.717) is 11.3 Å². The van der Waals surface area contributed by atoms with Gasteiger partial charge in [0.15, 0.2) is 5.13 Å². The predicted octanol–water partition coefficient (Wildman–Crippen LogP) is 1.71. The fourth-order valence-electron chi connectivity index (χ4n) is 2.02. The van der Waals surface area contributed by atoms with Gasteiger partial charge in [0.05, 0.1) is 0 Å². The Hall–Kier alpha value is -1.34. The smallest absolute Gasteiger partial charge is 0.265 e. The van der Waals surface area contributed by atoms with Gasteiger partial charge < -0.3 is 21.1 Å². The van der Waals surface area contributed by atoms with Crippen LogP contribution in [0.2, 0.25) is 0 Å². The number of aliphatic hydroxyl groups is 1. The van der Waals surface area contributed by atoms with Crippen LogP contribution in [0.4, 0.5) is 10.9 Å². The first-order valence-electron chi connectivity index (χ1n) is 7.29. The Bertz CT molecular complexity index is 462. The van der Waals surface area contributed by atoms with Crippen molar-refractivity contribution in [3.63, 3.8) is 0 Å². The van der Waals surface area contributed by atoms with Crippen LogP contribution in [0.15, 0.2) is 0 Å². The molecule has 21 heavy (non-hydrogen) atoms. The van der Waals surface area contributed by atoms with Crippen molar-refractivity contribution in [3.05, 3.63) is 4.88 Å². The van der Waals surface area contributed by atoms with Gasteiger partial charge >= 0.3 is 0 Å². The zero-order valence-corrected chi connectivity index (χ0v) is 14.0. The maximum Gasteiger partial charge on any atom is 0.265 e. The lowest BCUT2D eigenvalue weighted by Gasteiger charge is -2.21. The van der Waals surface area contributed by atoms with E-state index in [0.717, 1.165) is 18.1 Å². The first-order valence-corrected chi connectivity index (χ1v) is 8.11. The number of nitrogen functional groups attached to an aromatic ring is 1. The third-order valence-corrected chi connectivity index (χ3v) is 4.48. The number of hydrogen-bond donors (Lipinski definition) is 3. The molecule has 1 unspecified atom stereocenters. The van der Waals surface area contributed by atoms with Crippen LogP contribution in [0.25, 0.3) is 0 Å². The summed E-state index contributed by atoms with van der Waals surface area (Å²) in [6, 6.07) is -0.0687. The van der Waals surface area contributed by atoms with Crippen LogP contribution in [0.3, 0.4) is 0 Å². The summed E-state index contributed by atoms with van der Waals surface area (Å²) in [6.45, 7) is 7.02. The molecule has 0 aliphatic rings. The molecule has 0 aromatic carbocycles. The highest BCUT2D eigenvalue weighted by atomic mass is 32.1. The lowest BCUT2D eigenvalue weighted by atomic mass is 10.0. The van der Waals surface area contributed by atoms with Gasteiger partial charge in [0.2, 0.25) is 0 Å². The Labute approximate surface area is 130 Å². The minimum atomic E-state index is -0.215. The van der Waals surface area contributed by atoms with Gasteiger partial charge in [-0.2, -0.15) is 0 Å². The Kier molecular flexibility index (Phi) is 6.91. The molecule has 7 heteroatoms. The van der Waals surface area contributed by atoms with Crippen LogP contribution < -0.4 is 16.0 Å². The van der Waals surface area contributed by atoms with Crippen molar-refractivity contribution in [1.29, 1.82) is 0 Å². The molecule has 0 radical (unpaired) electrons. The van der Waals surface area contributed by atoms with Gasteiger partial charge in [-0.05, 0) is 18.8 Å². The summed E-state index contributed by atoms with van der Waals surface area (Å²) in [5, 5.41) is 12.8. The van der Waals surface area contributed by atoms with Crippen molar-refractivity contribution in [3.8, 4) is 0 Å². The first-order chi connectivity index (χ1) is 9.90. The average Bonchev–Trinajstić information content (AvgIpc) is 2.80. The van der Waals surface area contributed by atoms with E-state index in [1.165, 1.54) is 11.3 Å². The predicted molar refractivity (Wildman–Crippen MR) is 87.9 cm³/mol. The molecular formula is C14H26N4O2S. The van der Waals surface area contributed by atoms with E-state index < -0.39 is 0 Å². The van der Waals surface area contributed by atoms with Crippen molar-refractivity contribution in [2.45, 2.75) is 39.7 Å². The van der Waals surface area contributed by atoms with Crippen LogP contribution in [-0.2, 0) is 0 Å². The second-order valence-corrected chi connectivity index (χ2v) is 6.45. The molecule has 1 heterocycles. The van der Waals surface area contributed by atoms with Gasteiger partial charge in [-0.15, -0.1) is 0 Å². The summed E-state index contributed by atoms with van der Waals surface area (Å²) < 4.78 is 0. The summed E-state index contributed by atoms with van der Waals surface area (Å²) in [5.41, 5.74) is 5.86. The molecule has 1 rings (SSSR count). The molecule has 1 aromatic rings. The molecule has 0 aliphatic heterocycles. The van der Waals surface area contributed by atoms with Crippen LogP contribution in [0.1, 0.15) is 43.3 Å². The Morgan fingerprint density at radius 3 is 2.71 bits per heavy atom. The van der Waals surface area contributed by atoms with E-state index in [4.69, 9.17) is 10.8 Å². The SMILES string of the molecule is CCCN(C)c1nc(N)c(C(=O)NC(CCO)C(C)C)s1. The van der Waals surface area contributed by atoms with Crippen LogP contribution in [0, 0.1) is 5.92 Å². The molecule has 4 N–H and O–H groups in total. The second-order valence-electron chi connectivity index (χ2n) is 5.47. The van der Waals surface area contributed by atoms with Gasteiger partial charge in [0.25, 0.3) is 5.91 Å². The lowest BCUT2D eigenvalue weighted by molar-refractivity contribution is 0.0921. The van der Waals surface area contributed by atoms with E-state index in [1.807, 2.05) is 25.8 Å². The van der Waals surface area contributed by atoms with E-state index >= 15 is 0 Å². The number of hydrogen-bond acceptors (Lipinski definition) is 6. The minimum Gasteiger partial charge on any atom is -0.396 e. The van der Waals surface area contributed by atoms with E-state index in [1.54, 1.807) is 0 Å². The number of amides is 1. The summed E-state index contributed by atoms with van der Waals surface area (Å²) in [4.78, 5) is 19.0. The number of nitrogens with two attached hydrogens (primary N) is 1. The number of carbonyl (C=O) groups excluding carboxylic acids is 1. The Balaban J connectivity index is 2.82. The molecule has 0 aliphatic carbocycles. The standard InChI is InChI=1S/C14H26N4O2S/c1-5-7-18(4)14-17-12(15)11(21-14)13(20)16-10(6-8-19)9(2)3/h9-10,19H,5-8,15H2,1-4H3,(H,16,20). The van der Waals surface area contributed by atoms with E-state index in [9.17, 15) is 4.79 Å². The van der Waals surface area contributed by atoms with E-state index in [-0.39, 0.29) is 30.3 Å². The normalized spacial score (nSPS) is 12.5. The third kappa shape index (κ3) is 4.86. The zero-order chi connectivity index (χ0) is 16.0. The van der Waals surface area contributed by atoms with Crippen molar-refractivity contribution in [2.75, 3.05) is 30.8 Å². The summed E-state index contributed by atoms with van der Waals surface area (Å²) in [6.07, 6.45) is 1.54. The molecule has 1 aromatic heterocycles. The highest BCUT2D eigenvalue weighted by Crippen LogP contribution is 2.27. The summed E-state index contributed by atoms with van der Waals surface area (Å²) in [5.74, 6) is 0.299. The highest BCUT2D eigenvalue weighted by molar-refractivity contribution is 7.18. The van der Waals surface area contributed by atoms with Crippen LogP contribution in [-0.4, -0.2) is 42.2 Å². The number of aliphatic hydroxyl groups excluding tert-OH is 1. The van der Waals surface area contributed by atoms with Crippen molar-refractivity contribution in [1.82, 2.24) is 10.3 Å². The van der Waals surface area contributed by atoms with Gasteiger partial charge in [-0.3, -0.25) is 4.79 Å². The van der Waals surface area contributed by atoms with Crippen LogP contribution >= 0.6 is 11.3 Å². The molecule has 0 saturated carbocycles. The van der Waals surface area contributed by atoms with Crippen LogP contribution in [0.5, 0.6) is 0 Å². The summed E-state index contributed by atoms with van der Waals surface area (Å²) >= 11 is 1.30. The molecule has 0 bridgehead atoms. The quantitative estimate of drug-likeness (QED) is 0.679. The molecule has 0 saturated heterocycles. The zero-order valence-electron chi connectivity index (χ0n) is 13.2. The topological polar surface area (TPSA) is 91.5 Å². The number of nitrogens with zero attached hydrogens (tertiary/aromatic N) is 2. The number of thiazole rings is 1. The molecule has 0 fully saturated rings. The van der Waals surface area contributed by atoms with Gasteiger partial charge in [-0.1, -0.05) is 32.1 Å². The minimum absolute atomic E-state index is 0.0474. The van der Waals surface area contributed by atoms with Gasteiger partial charge in [0.1, 0.15) is 10.7 Å². The average molecular weight is 314 g/mol. The Morgan fingerprint density at radius 2 is 2.19 bits per heavy atom. The molecular weight excluding hydrogens is 288 g/mol. The maximum atomic E-state index is 12.3. The Morgan fingerprint density at radius 1 is 1.52 bits per heavy atom. The fraction of sp³-hybridized carbons (Fsp3) is 0.714. The molecule has 120 valence electrons. The maximum absolute atomic E-state index is 12.3. The van der Waals surface area contributed by atoms with Crippen molar-refractivity contribution < 1.29 is 9.90 Å². The van der Waals surface area contributed by atoms with Gasteiger partial charge in [-0.25, -0.2) is 4.98 Å². The van der Waals surface area contributed by atoms with E-state index in [2.05, 4.69) is 17.2 Å². The molecule has 1 amide bonds. The molecule has 1 atom stereocenters. The number of rotatable bonds is 8.